The predicted molar refractivity (Wildman–Crippen MR) is 109 cm³/mol. The van der Waals surface area contributed by atoms with Gasteiger partial charge in [-0.15, -0.1) is 0 Å². The average molecular weight is 355 g/mol. The van der Waals surface area contributed by atoms with Gasteiger partial charge in [0.2, 0.25) is 0 Å². The molecule has 27 heavy (non-hydrogen) atoms. The van der Waals surface area contributed by atoms with Crippen LogP contribution in [-0.4, -0.2) is 35.7 Å². The summed E-state index contributed by atoms with van der Waals surface area (Å²) in [6, 6.07) is 18.5. The fourth-order valence-corrected chi connectivity index (χ4v) is 3.47. The minimum absolute atomic E-state index is 0.762. The van der Waals surface area contributed by atoms with E-state index in [2.05, 4.69) is 46.3 Å². The fraction of sp³-hybridized carbons (Fsp3) is 0.217. The molecule has 1 aromatic heterocycles. The second-order valence-electron chi connectivity index (χ2n) is 7.09. The molecule has 3 aromatic rings. The predicted octanol–water partition coefficient (Wildman–Crippen LogP) is 4.70. The number of rotatable bonds is 5. The highest BCUT2D eigenvalue weighted by atomic mass is 16.5. The highest BCUT2D eigenvalue weighted by Crippen LogP contribution is 2.27. The largest absolute Gasteiger partial charge is 0.457 e. The zero-order valence-corrected chi connectivity index (χ0v) is 15.1. The van der Waals surface area contributed by atoms with Crippen LogP contribution < -0.4 is 4.74 Å². The Labute approximate surface area is 158 Å². The number of aromatic nitrogens is 1. The Morgan fingerprint density at radius 1 is 0.926 bits per heavy atom. The SMILES string of the molecule is C1=NCC(c2ccc(Oc3ccc4nc(CN5CCC5)ccc4c3)cc2)=C1. The summed E-state index contributed by atoms with van der Waals surface area (Å²) < 4.78 is 6.04. The number of allylic oxidation sites excluding steroid dienone is 1. The quantitative estimate of drug-likeness (QED) is 0.666. The first kappa shape index (κ1) is 16.2. The van der Waals surface area contributed by atoms with Gasteiger partial charge < -0.3 is 4.74 Å². The highest BCUT2D eigenvalue weighted by molar-refractivity contribution is 5.89. The molecule has 4 heteroatoms. The number of ether oxygens (including phenoxy) is 1. The molecule has 5 rings (SSSR count). The Bertz CT molecular complexity index is 1030. The van der Waals surface area contributed by atoms with E-state index in [0.717, 1.165) is 41.2 Å². The van der Waals surface area contributed by atoms with E-state index in [9.17, 15) is 0 Å². The number of likely N-dealkylation sites (tertiary alicyclic amines) is 1. The van der Waals surface area contributed by atoms with Crippen molar-refractivity contribution in [3.05, 3.63) is 71.9 Å². The topological polar surface area (TPSA) is 37.7 Å². The van der Waals surface area contributed by atoms with E-state index < -0.39 is 0 Å². The summed E-state index contributed by atoms with van der Waals surface area (Å²) >= 11 is 0. The van der Waals surface area contributed by atoms with Crippen molar-refractivity contribution >= 4 is 22.7 Å². The van der Waals surface area contributed by atoms with Gasteiger partial charge in [-0.2, -0.15) is 0 Å². The third kappa shape index (κ3) is 3.49. The minimum Gasteiger partial charge on any atom is -0.457 e. The number of hydrogen-bond donors (Lipinski definition) is 0. The van der Waals surface area contributed by atoms with Crippen molar-refractivity contribution in [3.63, 3.8) is 0 Å². The third-order valence-electron chi connectivity index (χ3n) is 5.16. The maximum atomic E-state index is 6.04. The van der Waals surface area contributed by atoms with Gasteiger partial charge in [-0.3, -0.25) is 14.9 Å². The van der Waals surface area contributed by atoms with E-state index >= 15 is 0 Å². The molecule has 0 atom stereocenters. The molecular formula is C23H21N3O. The van der Waals surface area contributed by atoms with Crippen LogP contribution in [0.25, 0.3) is 16.5 Å². The molecule has 0 amide bonds. The molecule has 0 aliphatic carbocycles. The fourth-order valence-electron chi connectivity index (χ4n) is 3.47. The molecule has 0 radical (unpaired) electrons. The van der Waals surface area contributed by atoms with E-state index in [1.807, 2.05) is 30.5 Å². The lowest BCUT2D eigenvalue weighted by molar-refractivity contribution is 0.170. The van der Waals surface area contributed by atoms with Crippen LogP contribution >= 0.6 is 0 Å². The normalized spacial score (nSPS) is 16.4. The van der Waals surface area contributed by atoms with Crippen molar-refractivity contribution in [2.75, 3.05) is 19.6 Å². The van der Waals surface area contributed by atoms with Gasteiger partial charge in [-0.1, -0.05) is 18.2 Å². The van der Waals surface area contributed by atoms with Gasteiger partial charge >= 0.3 is 0 Å². The maximum Gasteiger partial charge on any atom is 0.128 e. The Balaban J connectivity index is 1.31. The summed E-state index contributed by atoms with van der Waals surface area (Å²) in [4.78, 5) is 11.4. The van der Waals surface area contributed by atoms with Crippen LogP contribution in [0.2, 0.25) is 0 Å². The molecule has 1 saturated heterocycles. The van der Waals surface area contributed by atoms with Crippen molar-refractivity contribution < 1.29 is 4.74 Å². The van der Waals surface area contributed by atoms with E-state index in [1.165, 1.54) is 30.6 Å². The molecule has 2 aliphatic rings. The van der Waals surface area contributed by atoms with Crippen LogP contribution in [0, 0.1) is 0 Å². The van der Waals surface area contributed by atoms with E-state index in [-0.39, 0.29) is 0 Å². The minimum atomic E-state index is 0.762. The van der Waals surface area contributed by atoms with Crippen molar-refractivity contribution in [1.82, 2.24) is 9.88 Å². The summed E-state index contributed by atoms with van der Waals surface area (Å²) in [6.07, 6.45) is 5.22. The van der Waals surface area contributed by atoms with Crippen LogP contribution in [0.15, 0.2) is 65.7 Å². The molecule has 4 nitrogen and oxygen atoms in total. The Morgan fingerprint density at radius 3 is 2.52 bits per heavy atom. The Hall–Kier alpha value is -2.98. The van der Waals surface area contributed by atoms with Crippen LogP contribution in [0.3, 0.4) is 0 Å². The second kappa shape index (κ2) is 6.97. The zero-order chi connectivity index (χ0) is 18.1. The lowest BCUT2D eigenvalue weighted by Crippen LogP contribution is -2.36. The molecule has 3 heterocycles. The molecule has 1 fully saturated rings. The van der Waals surface area contributed by atoms with Crippen molar-refractivity contribution in [2.45, 2.75) is 13.0 Å². The molecule has 0 unspecified atom stereocenters. The second-order valence-corrected chi connectivity index (χ2v) is 7.09. The van der Waals surface area contributed by atoms with Crippen molar-refractivity contribution in [1.29, 1.82) is 0 Å². The van der Waals surface area contributed by atoms with Crippen molar-refractivity contribution in [2.24, 2.45) is 4.99 Å². The lowest BCUT2D eigenvalue weighted by Gasteiger charge is -2.30. The number of benzene rings is 2. The molecular weight excluding hydrogens is 334 g/mol. The number of nitrogens with zero attached hydrogens (tertiary/aromatic N) is 3. The lowest BCUT2D eigenvalue weighted by atomic mass is 10.1. The average Bonchev–Trinajstić information content (AvgIpc) is 3.20. The van der Waals surface area contributed by atoms with E-state index in [4.69, 9.17) is 9.72 Å². The number of hydrogen-bond acceptors (Lipinski definition) is 4. The molecule has 0 bridgehead atoms. The zero-order valence-electron chi connectivity index (χ0n) is 15.1. The molecule has 2 aromatic carbocycles. The standard InChI is InChI=1S/C23H21N3O/c1-12-26(13-1)16-20-5-2-18-14-22(8-9-23(18)25-20)27-21-6-3-17(4-7-21)19-10-11-24-15-19/h2-11,14H,1,12-13,15-16H2. The first-order valence-corrected chi connectivity index (χ1v) is 9.43. The summed E-state index contributed by atoms with van der Waals surface area (Å²) in [5.41, 5.74) is 4.59. The smallest absolute Gasteiger partial charge is 0.128 e. The summed E-state index contributed by atoms with van der Waals surface area (Å²) in [6.45, 7) is 4.09. The first-order valence-electron chi connectivity index (χ1n) is 9.43. The van der Waals surface area contributed by atoms with Gasteiger partial charge in [0.25, 0.3) is 0 Å². The van der Waals surface area contributed by atoms with Crippen LogP contribution in [0.1, 0.15) is 17.7 Å². The molecule has 0 saturated carbocycles. The summed E-state index contributed by atoms with van der Waals surface area (Å²) in [5.74, 6) is 1.66. The maximum absolute atomic E-state index is 6.04. The third-order valence-corrected chi connectivity index (χ3v) is 5.16. The van der Waals surface area contributed by atoms with E-state index in [1.54, 1.807) is 0 Å². The Morgan fingerprint density at radius 2 is 1.78 bits per heavy atom. The van der Waals surface area contributed by atoms with Gasteiger partial charge in [0.05, 0.1) is 17.8 Å². The number of pyridine rings is 1. The molecule has 2 aliphatic heterocycles. The number of aliphatic imine (C=N–C) groups is 1. The van der Waals surface area contributed by atoms with Gasteiger partial charge in [-0.25, -0.2) is 0 Å². The summed E-state index contributed by atoms with van der Waals surface area (Å²) in [7, 11) is 0. The molecule has 134 valence electrons. The van der Waals surface area contributed by atoms with Crippen LogP contribution in [-0.2, 0) is 6.54 Å². The monoisotopic (exact) mass is 355 g/mol. The number of fused-ring (bicyclic) bond motifs is 1. The van der Waals surface area contributed by atoms with Crippen LogP contribution in [0.4, 0.5) is 0 Å². The highest BCUT2D eigenvalue weighted by Gasteiger charge is 2.14. The van der Waals surface area contributed by atoms with Gasteiger partial charge in [0, 0.05) is 18.1 Å². The first-order chi connectivity index (χ1) is 13.3. The van der Waals surface area contributed by atoms with E-state index in [0.29, 0.717) is 0 Å². The van der Waals surface area contributed by atoms with Crippen molar-refractivity contribution in [3.8, 4) is 11.5 Å². The van der Waals surface area contributed by atoms with Gasteiger partial charge in [-0.05, 0) is 73.1 Å². The van der Waals surface area contributed by atoms with Gasteiger partial charge in [0.15, 0.2) is 0 Å². The molecule has 0 N–H and O–H groups in total. The van der Waals surface area contributed by atoms with Gasteiger partial charge in [0.1, 0.15) is 11.5 Å². The molecule has 0 spiro atoms. The van der Waals surface area contributed by atoms with Crippen LogP contribution in [0.5, 0.6) is 11.5 Å². The summed E-state index contributed by atoms with van der Waals surface area (Å²) in [5, 5.41) is 1.10. The Kier molecular flexibility index (Phi) is 4.18.